The molecule has 166 valence electrons. The standard InChI is InChI=1S/C22H24F3N3O3/c23-22(24,25)16-3-8-20(26-15-16)30-18-4-6-19(7-5-18)31-21(29)28-13-9-17(10-14-28)27-11-1-2-12-27/h3-8,15,17H,1-2,9-14H2. The molecular formula is C22H24F3N3O3. The molecule has 0 saturated carbocycles. The monoisotopic (exact) mass is 435 g/mol. The van der Waals surface area contributed by atoms with Crippen LogP contribution in [0.25, 0.3) is 0 Å². The van der Waals surface area contributed by atoms with Gasteiger partial charge in [-0.3, -0.25) is 0 Å². The molecule has 0 radical (unpaired) electrons. The van der Waals surface area contributed by atoms with Gasteiger partial charge < -0.3 is 19.3 Å². The van der Waals surface area contributed by atoms with Crippen molar-refractivity contribution in [3.8, 4) is 17.4 Å². The summed E-state index contributed by atoms with van der Waals surface area (Å²) in [6.45, 7) is 3.68. The molecule has 6 nitrogen and oxygen atoms in total. The van der Waals surface area contributed by atoms with Crippen molar-refractivity contribution in [2.24, 2.45) is 0 Å². The molecule has 4 rings (SSSR count). The van der Waals surface area contributed by atoms with Crippen molar-refractivity contribution in [1.29, 1.82) is 0 Å². The van der Waals surface area contributed by atoms with E-state index in [4.69, 9.17) is 9.47 Å². The van der Waals surface area contributed by atoms with E-state index in [1.54, 1.807) is 29.2 Å². The number of alkyl halides is 3. The van der Waals surface area contributed by atoms with Gasteiger partial charge in [-0.15, -0.1) is 0 Å². The van der Waals surface area contributed by atoms with Crippen LogP contribution in [-0.4, -0.2) is 53.1 Å². The van der Waals surface area contributed by atoms with E-state index in [9.17, 15) is 18.0 Å². The Morgan fingerprint density at radius 2 is 1.58 bits per heavy atom. The fraction of sp³-hybridized carbons (Fsp3) is 0.455. The topological polar surface area (TPSA) is 54.9 Å². The van der Waals surface area contributed by atoms with E-state index in [1.165, 1.54) is 12.8 Å². The average Bonchev–Trinajstić information content (AvgIpc) is 3.30. The van der Waals surface area contributed by atoms with Crippen LogP contribution in [-0.2, 0) is 6.18 Å². The number of piperidine rings is 1. The average molecular weight is 435 g/mol. The van der Waals surface area contributed by atoms with Gasteiger partial charge in [0, 0.05) is 31.4 Å². The van der Waals surface area contributed by atoms with E-state index in [0.717, 1.165) is 44.3 Å². The zero-order valence-corrected chi connectivity index (χ0v) is 17.0. The molecule has 1 amide bonds. The molecule has 2 fully saturated rings. The van der Waals surface area contributed by atoms with Gasteiger partial charge in [0.15, 0.2) is 0 Å². The number of benzene rings is 1. The summed E-state index contributed by atoms with van der Waals surface area (Å²) in [4.78, 5) is 20.4. The quantitative estimate of drug-likeness (QED) is 0.680. The van der Waals surface area contributed by atoms with Crippen LogP contribution in [0.15, 0.2) is 42.6 Å². The first-order chi connectivity index (χ1) is 14.9. The zero-order valence-electron chi connectivity index (χ0n) is 17.0. The maximum atomic E-state index is 12.6. The lowest BCUT2D eigenvalue weighted by molar-refractivity contribution is -0.137. The molecule has 3 heterocycles. The number of pyridine rings is 1. The molecule has 1 aromatic heterocycles. The number of aromatic nitrogens is 1. The summed E-state index contributed by atoms with van der Waals surface area (Å²) in [5.74, 6) is 0.788. The van der Waals surface area contributed by atoms with Crippen LogP contribution < -0.4 is 9.47 Å². The van der Waals surface area contributed by atoms with Crippen molar-refractivity contribution in [3.05, 3.63) is 48.2 Å². The lowest BCUT2D eigenvalue weighted by Gasteiger charge is -2.36. The molecular weight excluding hydrogens is 411 g/mol. The second kappa shape index (κ2) is 9.13. The smallest absolute Gasteiger partial charge is 0.417 e. The minimum Gasteiger partial charge on any atom is -0.439 e. The molecule has 2 saturated heterocycles. The minimum atomic E-state index is -4.44. The summed E-state index contributed by atoms with van der Waals surface area (Å²) < 4.78 is 48.7. The van der Waals surface area contributed by atoms with E-state index < -0.39 is 11.7 Å². The van der Waals surface area contributed by atoms with Gasteiger partial charge in [-0.05, 0) is 69.1 Å². The third-order valence-electron chi connectivity index (χ3n) is 5.69. The highest BCUT2D eigenvalue weighted by Gasteiger charge is 2.31. The normalized spacial score (nSPS) is 18.2. The van der Waals surface area contributed by atoms with Crippen LogP contribution in [0.1, 0.15) is 31.2 Å². The summed E-state index contributed by atoms with van der Waals surface area (Å²) in [6, 6.07) is 8.92. The van der Waals surface area contributed by atoms with E-state index in [0.29, 0.717) is 30.6 Å². The number of carbonyl (C=O) groups excluding carboxylic acids is 1. The van der Waals surface area contributed by atoms with Crippen LogP contribution in [0.2, 0.25) is 0 Å². The van der Waals surface area contributed by atoms with Crippen molar-refractivity contribution in [3.63, 3.8) is 0 Å². The predicted molar refractivity (Wildman–Crippen MR) is 107 cm³/mol. The molecule has 0 bridgehead atoms. The Kier molecular flexibility index (Phi) is 6.31. The molecule has 2 aromatic rings. The maximum absolute atomic E-state index is 12.6. The van der Waals surface area contributed by atoms with Gasteiger partial charge in [0.1, 0.15) is 11.5 Å². The van der Waals surface area contributed by atoms with Crippen LogP contribution in [0.5, 0.6) is 17.4 Å². The summed E-state index contributed by atoms with van der Waals surface area (Å²) in [6.07, 6.45) is 0.342. The van der Waals surface area contributed by atoms with Crippen molar-refractivity contribution in [2.45, 2.75) is 37.9 Å². The van der Waals surface area contributed by atoms with Crippen LogP contribution >= 0.6 is 0 Å². The Labute approximate surface area is 178 Å². The lowest BCUT2D eigenvalue weighted by atomic mass is 10.0. The number of hydrogen-bond donors (Lipinski definition) is 0. The van der Waals surface area contributed by atoms with Crippen LogP contribution in [0.3, 0.4) is 0 Å². The van der Waals surface area contributed by atoms with Gasteiger partial charge in [-0.1, -0.05) is 0 Å². The van der Waals surface area contributed by atoms with Gasteiger partial charge >= 0.3 is 12.3 Å². The van der Waals surface area contributed by atoms with E-state index in [1.807, 2.05) is 0 Å². The highest BCUT2D eigenvalue weighted by Crippen LogP contribution is 2.30. The van der Waals surface area contributed by atoms with E-state index >= 15 is 0 Å². The largest absolute Gasteiger partial charge is 0.439 e. The Hall–Kier alpha value is -2.81. The van der Waals surface area contributed by atoms with Gasteiger partial charge in [-0.2, -0.15) is 13.2 Å². The highest BCUT2D eigenvalue weighted by molar-refractivity contribution is 5.70. The summed E-state index contributed by atoms with van der Waals surface area (Å²) in [5.41, 5.74) is -0.841. The van der Waals surface area contributed by atoms with Crippen molar-refractivity contribution >= 4 is 6.09 Å². The van der Waals surface area contributed by atoms with Crippen molar-refractivity contribution < 1.29 is 27.4 Å². The molecule has 0 N–H and O–H groups in total. The fourth-order valence-corrected chi connectivity index (χ4v) is 3.99. The van der Waals surface area contributed by atoms with Crippen molar-refractivity contribution in [1.82, 2.24) is 14.8 Å². The third-order valence-corrected chi connectivity index (χ3v) is 5.69. The van der Waals surface area contributed by atoms with Crippen LogP contribution in [0, 0.1) is 0 Å². The number of amides is 1. The second-order valence-corrected chi connectivity index (χ2v) is 7.79. The van der Waals surface area contributed by atoms with E-state index in [-0.39, 0.29) is 12.0 Å². The number of nitrogens with zero attached hydrogens (tertiary/aromatic N) is 3. The van der Waals surface area contributed by atoms with Gasteiger partial charge in [-0.25, -0.2) is 9.78 Å². The zero-order chi connectivity index (χ0) is 21.8. The SMILES string of the molecule is O=C(Oc1ccc(Oc2ccc(C(F)(F)F)cn2)cc1)N1CCC(N2CCCC2)CC1. The van der Waals surface area contributed by atoms with Crippen LogP contribution in [0.4, 0.5) is 18.0 Å². The molecule has 2 aliphatic heterocycles. The first-order valence-electron chi connectivity index (χ1n) is 10.4. The summed E-state index contributed by atoms with van der Waals surface area (Å²) in [5, 5.41) is 0. The first kappa shape index (κ1) is 21.4. The number of hydrogen-bond acceptors (Lipinski definition) is 5. The molecule has 1 aromatic carbocycles. The Morgan fingerprint density at radius 1 is 0.935 bits per heavy atom. The molecule has 0 spiro atoms. The van der Waals surface area contributed by atoms with Gasteiger partial charge in [0.25, 0.3) is 0 Å². The highest BCUT2D eigenvalue weighted by atomic mass is 19.4. The summed E-state index contributed by atoms with van der Waals surface area (Å²) in [7, 11) is 0. The number of likely N-dealkylation sites (tertiary alicyclic amines) is 2. The molecule has 31 heavy (non-hydrogen) atoms. The molecule has 0 aliphatic carbocycles. The molecule has 0 unspecified atom stereocenters. The predicted octanol–water partition coefficient (Wildman–Crippen LogP) is 4.95. The fourth-order valence-electron chi connectivity index (χ4n) is 3.99. The number of ether oxygens (including phenoxy) is 2. The first-order valence-corrected chi connectivity index (χ1v) is 10.4. The minimum absolute atomic E-state index is 0.0404. The number of halogens is 3. The molecule has 9 heteroatoms. The third kappa shape index (κ3) is 5.46. The Morgan fingerprint density at radius 3 is 2.16 bits per heavy atom. The van der Waals surface area contributed by atoms with E-state index in [2.05, 4.69) is 9.88 Å². The van der Waals surface area contributed by atoms with Gasteiger partial charge in [0.05, 0.1) is 5.56 Å². The second-order valence-electron chi connectivity index (χ2n) is 7.79. The Bertz CT molecular complexity index is 874. The van der Waals surface area contributed by atoms with Gasteiger partial charge in [0.2, 0.25) is 5.88 Å². The number of rotatable bonds is 4. The molecule has 2 aliphatic rings. The summed E-state index contributed by atoms with van der Waals surface area (Å²) >= 11 is 0. The van der Waals surface area contributed by atoms with Crippen molar-refractivity contribution in [2.75, 3.05) is 26.2 Å². The Balaban J connectivity index is 1.27. The lowest BCUT2D eigenvalue weighted by Crippen LogP contribution is -2.46. The maximum Gasteiger partial charge on any atom is 0.417 e. The number of carbonyl (C=O) groups is 1. The molecule has 0 atom stereocenters.